The van der Waals surface area contributed by atoms with Gasteiger partial charge < -0.3 is 14.0 Å². The number of ketones is 1. The molecular weight excluding hydrogens is 238 g/mol. The quantitative estimate of drug-likeness (QED) is 0.773. The molecule has 1 aromatic heterocycles. The Kier molecular flexibility index (Phi) is 3.75. The predicted octanol–water partition coefficient (Wildman–Crippen LogP) is 0.534. The molecule has 1 unspecified atom stereocenters. The highest BCUT2D eigenvalue weighted by atomic mass is 19.3. The first kappa shape index (κ1) is 12.1. The highest BCUT2D eigenvalue weighted by Gasteiger charge is 2.24. The van der Waals surface area contributed by atoms with Crippen molar-refractivity contribution in [2.45, 2.75) is 19.0 Å². The number of nitrogens with zero attached hydrogens (tertiary/aromatic N) is 2. The van der Waals surface area contributed by atoms with E-state index >= 15 is 0 Å². The number of carbonyl (C=O) groups excluding carboxylic acids is 1. The van der Waals surface area contributed by atoms with Gasteiger partial charge in [0.25, 0.3) is 6.43 Å². The average molecular weight is 248 g/mol. The molecule has 8 heteroatoms. The van der Waals surface area contributed by atoms with Gasteiger partial charge in [-0.2, -0.15) is 4.98 Å². The van der Waals surface area contributed by atoms with Gasteiger partial charge in [-0.3, -0.25) is 4.79 Å². The Bertz CT molecular complexity index is 390. The van der Waals surface area contributed by atoms with Crippen molar-refractivity contribution in [3.63, 3.8) is 0 Å². The second-order valence-corrected chi connectivity index (χ2v) is 3.42. The molecule has 0 radical (unpaired) electrons. The van der Waals surface area contributed by atoms with E-state index in [2.05, 4.69) is 14.7 Å². The SMILES string of the molecule is O=C(Cc1nc(C2COCCO2)no1)C(F)F. The molecule has 1 saturated heterocycles. The number of halogens is 2. The summed E-state index contributed by atoms with van der Waals surface area (Å²) in [5.74, 6) is -1.18. The molecule has 1 fully saturated rings. The Morgan fingerprint density at radius 2 is 2.29 bits per heavy atom. The fourth-order valence-electron chi connectivity index (χ4n) is 1.33. The van der Waals surface area contributed by atoms with Gasteiger partial charge in [-0.25, -0.2) is 8.78 Å². The Morgan fingerprint density at radius 1 is 1.47 bits per heavy atom. The van der Waals surface area contributed by atoms with Crippen LogP contribution in [0.5, 0.6) is 0 Å². The summed E-state index contributed by atoms with van der Waals surface area (Å²) in [6, 6.07) is 0. The third-order valence-electron chi connectivity index (χ3n) is 2.16. The molecule has 17 heavy (non-hydrogen) atoms. The zero-order chi connectivity index (χ0) is 12.3. The van der Waals surface area contributed by atoms with Crippen LogP contribution in [0.25, 0.3) is 0 Å². The van der Waals surface area contributed by atoms with Crippen LogP contribution in [0, 0.1) is 0 Å². The van der Waals surface area contributed by atoms with E-state index in [1.54, 1.807) is 0 Å². The Hall–Kier alpha value is -1.41. The zero-order valence-electron chi connectivity index (χ0n) is 8.77. The summed E-state index contributed by atoms with van der Waals surface area (Å²) in [7, 11) is 0. The highest BCUT2D eigenvalue weighted by molar-refractivity contribution is 5.82. The summed E-state index contributed by atoms with van der Waals surface area (Å²) in [6.07, 6.45) is -4.07. The molecule has 0 aliphatic carbocycles. The topological polar surface area (TPSA) is 74.5 Å². The zero-order valence-corrected chi connectivity index (χ0v) is 8.77. The van der Waals surface area contributed by atoms with Crippen molar-refractivity contribution in [1.29, 1.82) is 0 Å². The van der Waals surface area contributed by atoms with Crippen LogP contribution < -0.4 is 0 Å². The monoisotopic (exact) mass is 248 g/mol. The number of alkyl halides is 2. The summed E-state index contributed by atoms with van der Waals surface area (Å²) in [4.78, 5) is 14.6. The molecule has 1 aliphatic heterocycles. The van der Waals surface area contributed by atoms with Gasteiger partial charge in [-0.05, 0) is 0 Å². The first-order chi connectivity index (χ1) is 8.16. The molecule has 0 aromatic carbocycles. The summed E-state index contributed by atoms with van der Waals surface area (Å²) in [6.45, 7) is 1.18. The van der Waals surface area contributed by atoms with Crippen LogP contribution in [0.15, 0.2) is 4.52 Å². The lowest BCUT2D eigenvalue weighted by molar-refractivity contribution is -0.129. The van der Waals surface area contributed by atoms with Crippen LogP contribution in [0.3, 0.4) is 0 Å². The number of Topliss-reactive ketones (excluding diaryl/α,β-unsaturated/α-hetero) is 1. The van der Waals surface area contributed by atoms with Crippen LogP contribution in [0.4, 0.5) is 8.78 Å². The minimum atomic E-state index is -3.03. The van der Waals surface area contributed by atoms with Crippen molar-refractivity contribution in [3.05, 3.63) is 11.7 Å². The first-order valence-electron chi connectivity index (χ1n) is 4.99. The molecule has 0 N–H and O–H groups in total. The van der Waals surface area contributed by atoms with Gasteiger partial charge in [0.15, 0.2) is 0 Å². The van der Waals surface area contributed by atoms with E-state index in [-0.39, 0.29) is 18.3 Å². The highest BCUT2D eigenvalue weighted by Crippen LogP contribution is 2.18. The van der Waals surface area contributed by atoms with Gasteiger partial charge in [0.1, 0.15) is 6.10 Å². The van der Waals surface area contributed by atoms with Gasteiger partial charge in [0, 0.05) is 0 Å². The molecule has 1 aromatic rings. The number of ether oxygens (including phenoxy) is 2. The number of hydrogen-bond acceptors (Lipinski definition) is 6. The first-order valence-corrected chi connectivity index (χ1v) is 4.99. The van der Waals surface area contributed by atoms with Crippen LogP contribution in [-0.2, 0) is 20.7 Å². The van der Waals surface area contributed by atoms with Crippen molar-refractivity contribution in [1.82, 2.24) is 10.1 Å². The molecule has 1 atom stereocenters. The molecule has 6 nitrogen and oxygen atoms in total. The van der Waals surface area contributed by atoms with Crippen molar-refractivity contribution in [3.8, 4) is 0 Å². The minimum absolute atomic E-state index is 0.139. The van der Waals surface area contributed by atoms with Crippen molar-refractivity contribution < 1.29 is 27.6 Å². The van der Waals surface area contributed by atoms with E-state index in [0.29, 0.717) is 13.2 Å². The number of hydrogen-bond donors (Lipinski definition) is 0. The lowest BCUT2D eigenvalue weighted by atomic mass is 10.3. The fraction of sp³-hybridized carbons (Fsp3) is 0.667. The van der Waals surface area contributed by atoms with Crippen molar-refractivity contribution in [2.24, 2.45) is 0 Å². The number of rotatable bonds is 4. The molecule has 0 spiro atoms. The molecule has 1 aliphatic rings. The standard InChI is InChI=1S/C9H10F2N2O4/c10-8(11)5(14)3-7-12-9(13-17-7)6-4-15-1-2-16-6/h6,8H,1-4H2. The van der Waals surface area contributed by atoms with E-state index in [1.807, 2.05) is 0 Å². The van der Waals surface area contributed by atoms with E-state index in [1.165, 1.54) is 0 Å². The lowest BCUT2D eigenvalue weighted by Gasteiger charge is -2.19. The molecule has 2 heterocycles. The van der Waals surface area contributed by atoms with E-state index in [4.69, 9.17) is 9.47 Å². The van der Waals surface area contributed by atoms with Crippen molar-refractivity contribution in [2.75, 3.05) is 19.8 Å². The largest absolute Gasteiger partial charge is 0.376 e. The minimum Gasteiger partial charge on any atom is -0.376 e. The third kappa shape index (κ3) is 3.04. The predicted molar refractivity (Wildman–Crippen MR) is 48.5 cm³/mol. The van der Waals surface area contributed by atoms with E-state index in [9.17, 15) is 13.6 Å². The second-order valence-electron chi connectivity index (χ2n) is 3.42. The molecule has 0 amide bonds. The maximum absolute atomic E-state index is 12.0. The number of carbonyl (C=O) groups is 1. The smallest absolute Gasteiger partial charge is 0.296 e. The van der Waals surface area contributed by atoms with E-state index in [0.717, 1.165) is 0 Å². The van der Waals surface area contributed by atoms with Gasteiger partial charge >= 0.3 is 0 Å². The van der Waals surface area contributed by atoms with Crippen LogP contribution >= 0.6 is 0 Å². The van der Waals surface area contributed by atoms with Crippen molar-refractivity contribution >= 4 is 5.78 Å². The molecule has 2 rings (SSSR count). The Labute approximate surface area is 94.9 Å². The normalized spacial score (nSPS) is 20.8. The molecule has 94 valence electrons. The second kappa shape index (κ2) is 5.28. The van der Waals surface area contributed by atoms with Gasteiger partial charge in [0.2, 0.25) is 17.5 Å². The van der Waals surface area contributed by atoms with Crippen LogP contribution in [0.1, 0.15) is 17.8 Å². The molecular formula is C9H10F2N2O4. The summed E-state index contributed by atoms with van der Waals surface area (Å²) >= 11 is 0. The van der Waals surface area contributed by atoms with Gasteiger partial charge in [0.05, 0.1) is 26.2 Å². The third-order valence-corrected chi connectivity index (χ3v) is 2.16. The maximum atomic E-state index is 12.0. The van der Waals surface area contributed by atoms with E-state index < -0.39 is 24.7 Å². The van der Waals surface area contributed by atoms with Gasteiger partial charge in [-0.15, -0.1) is 0 Å². The summed E-state index contributed by atoms with van der Waals surface area (Å²) < 4.78 is 39.1. The van der Waals surface area contributed by atoms with Crippen LogP contribution in [0.2, 0.25) is 0 Å². The van der Waals surface area contributed by atoms with Gasteiger partial charge in [-0.1, -0.05) is 5.16 Å². The molecule has 0 bridgehead atoms. The lowest BCUT2D eigenvalue weighted by Crippen LogP contribution is -2.22. The summed E-state index contributed by atoms with van der Waals surface area (Å²) in [5.41, 5.74) is 0. The maximum Gasteiger partial charge on any atom is 0.296 e. The Morgan fingerprint density at radius 3 is 2.94 bits per heavy atom. The number of aromatic nitrogens is 2. The fourth-order valence-corrected chi connectivity index (χ4v) is 1.33. The average Bonchev–Trinajstić information content (AvgIpc) is 2.78. The summed E-state index contributed by atoms with van der Waals surface area (Å²) in [5, 5.41) is 3.56. The molecule has 0 saturated carbocycles. The van der Waals surface area contributed by atoms with Crippen LogP contribution in [-0.4, -0.2) is 42.2 Å². The Balaban J connectivity index is 1.97.